The monoisotopic (exact) mass is 400 g/mol. The predicted octanol–water partition coefficient (Wildman–Crippen LogP) is 5.57. The lowest BCUT2D eigenvalue weighted by atomic mass is 10.0. The van der Waals surface area contributed by atoms with Crippen molar-refractivity contribution < 1.29 is 23.8 Å². The lowest BCUT2D eigenvalue weighted by Crippen LogP contribution is -2.02. The standard InChI is InChI=1S/C25H20O5/c1-4-24(26)30-22-10-7-18(8-11-22)19-5-6-21-16-23(12-9-20(21)15-19)28-13-14-29-25(27)17(2)3/h4-16H,1-2H2,3H3. The second-order valence-electron chi connectivity index (χ2n) is 6.45. The summed E-state index contributed by atoms with van der Waals surface area (Å²) in [6.45, 7) is 8.45. The first-order valence-electron chi connectivity index (χ1n) is 9.13. The molecule has 0 spiro atoms. The first-order valence-corrected chi connectivity index (χ1v) is 9.13. The molecule has 5 nitrogen and oxygen atoms in total. The Balaban J connectivity index is 1.71. The SMILES string of the molecule is C=CC(=O)Oc1ccc(-c2ccc3cc(OC=COC(=O)C(=C)C)ccc3c2)cc1. The number of hydrogen-bond donors (Lipinski definition) is 0. The Morgan fingerprint density at radius 2 is 1.47 bits per heavy atom. The zero-order valence-electron chi connectivity index (χ0n) is 16.5. The van der Waals surface area contributed by atoms with Gasteiger partial charge in [0.2, 0.25) is 0 Å². The predicted molar refractivity (Wildman–Crippen MR) is 116 cm³/mol. The molecule has 0 N–H and O–H groups in total. The van der Waals surface area contributed by atoms with Crippen LogP contribution in [0.4, 0.5) is 0 Å². The Labute approximate surface area is 174 Å². The number of carbonyl (C=O) groups excluding carboxylic acids is 2. The van der Waals surface area contributed by atoms with Crippen LogP contribution in [0.1, 0.15) is 6.92 Å². The molecule has 0 heterocycles. The molecule has 3 rings (SSSR count). The van der Waals surface area contributed by atoms with Crippen LogP contribution in [0.25, 0.3) is 21.9 Å². The van der Waals surface area contributed by atoms with Gasteiger partial charge in [-0.05, 0) is 59.2 Å². The fourth-order valence-corrected chi connectivity index (χ4v) is 2.65. The molecule has 0 aromatic heterocycles. The maximum absolute atomic E-state index is 11.3. The lowest BCUT2D eigenvalue weighted by molar-refractivity contribution is -0.133. The van der Waals surface area contributed by atoms with Gasteiger partial charge in [-0.3, -0.25) is 0 Å². The average Bonchev–Trinajstić information content (AvgIpc) is 2.76. The molecule has 0 aliphatic heterocycles. The molecule has 0 saturated heterocycles. The minimum atomic E-state index is -0.507. The highest BCUT2D eigenvalue weighted by atomic mass is 16.5. The summed E-state index contributed by atoms with van der Waals surface area (Å²) >= 11 is 0. The van der Waals surface area contributed by atoms with Crippen LogP contribution >= 0.6 is 0 Å². The van der Waals surface area contributed by atoms with Crippen LogP contribution in [0.5, 0.6) is 11.5 Å². The van der Waals surface area contributed by atoms with Gasteiger partial charge in [0.1, 0.15) is 24.0 Å². The van der Waals surface area contributed by atoms with Crippen LogP contribution in [0.3, 0.4) is 0 Å². The summed E-state index contributed by atoms with van der Waals surface area (Å²) in [7, 11) is 0. The molecule has 0 fully saturated rings. The Morgan fingerprint density at radius 1 is 0.833 bits per heavy atom. The fraction of sp³-hybridized carbons (Fsp3) is 0.0400. The second kappa shape index (κ2) is 9.39. The number of rotatable bonds is 7. The molecule has 150 valence electrons. The molecule has 0 amide bonds. The molecule has 0 atom stereocenters. The van der Waals surface area contributed by atoms with Crippen molar-refractivity contribution in [2.75, 3.05) is 0 Å². The van der Waals surface area contributed by atoms with E-state index in [2.05, 4.69) is 19.2 Å². The van der Waals surface area contributed by atoms with Crippen LogP contribution in [0.2, 0.25) is 0 Å². The van der Waals surface area contributed by atoms with E-state index >= 15 is 0 Å². The quantitative estimate of drug-likeness (QED) is 0.225. The van der Waals surface area contributed by atoms with Crippen molar-refractivity contribution in [3.05, 3.63) is 98.0 Å². The van der Waals surface area contributed by atoms with Crippen LogP contribution in [-0.4, -0.2) is 11.9 Å². The summed E-state index contributed by atoms with van der Waals surface area (Å²) in [6.07, 6.45) is 3.61. The van der Waals surface area contributed by atoms with Gasteiger partial charge in [0.25, 0.3) is 0 Å². The van der Waals surface area contributed by atoms with Crippen molar-refractivity contribution in [2.24, 2.45) is 0 Å². The third kappa shape index (κ3) is 5.23. The van der Waals surface area contributed by atoms with Gasteiger partial charge < -0.3 is 14.2 Å². The summed E-state index contributed by atoms with van der Waals surface area (Å²) < 4.78 is 15.4. The summed E-state index contributed by atoms with van der Waals surface area (Å²) in [6, 6.07) is 19.0. The third-order valence-electron chi connectivity index (χ3n) is 4.17. The van der Waals surface area contributed by atoms with Crippen LogP contribution in [0, 0.1) is 0 Å². The highest BCUT2D eigenvalue weighted by Crippen LogP contribution is 2.28. The van der Waals surface area contributed by atoms with E-state index in [9.17, 15) is 9.59 Å². The van der Waals surface area contributed by atoms with E-state index in [1.165, 1.54) is 12.5 Å². The number of hydrogen-bond acceptors (Lipinski definition) is 5. The van der Waals surface area contributed by atoms with E-state index in [4.69, 9.17) is 14.2 Å². The highest BCUT2D eigenvalue weighted by Gasteiger charge is 2.04. The van der Waals surface area contributed by atoms with Crippen molar-refractivity contribution >= 4 is 22.7 Å². The van der Waals surface area contributed by atoms with Crippen molar-refractivity contribution in [1.29, 1.82) is 0 Å². The highest BCUT2D eigenvalue weighted by molar-refractivity contribution is 5.89. The Hall–Kier alpha value is -4.12. The maximum Gasteiger partial charge on any atom is 0.338 e. The fourth-order valence-electron chi connectivity index (χ4n) is 2.65. The number of carbonyl (C=O) groups is 2. The summed E-state index contributed by atoms with van der Waals surface area (Å²) in [5.41, 5.74) is 2.34. The van der Waals surface area contributed by atoms with Crippen LogP contribution in [-0.2, 0) is 14.3 Å². The maximum atomic E-state index is 11.3. The van der Waals surface area contributed by atoms with Crippen LogP contribution in [0.15, 0.2) is 98.0 Å². The first-order chi connectivity index (χ1) is 14.5. The molecule has 0 unspecified atom stereocenters. The number of ether oxygens (including phenoxy) is 3. The summed E-state index contributed by atoms with van der Waals surface area (Å²) in [5, 5.41) is 2.04. The Kier molecular flexibility index (Phi) is 6.45. The van der Waals surface area contributed by atoms with E-state index in [-0.39, 0.29) is 0 Å². The van der Waals surface area contributed by atoms with Gasteiger partial charge in [0, 0.05) is 11.6 Å². The smallest absolute Gasteiger partial charge is 0.338 e. The normalized spacial score (nSPS) is 10.6. The molecule has 5 heteroatoms. The van der Waals surface area contributed by atoms with E-state index in [0.717, 1.165) is 28.0 Å². The van der Waals surface area contributed by atoms with Crippen LogP contribution < -0.4 is 9.47 Å². The Morgan fingerprint density at radius 3 is 2.17 bits per heavy atom. The molecule has 30 heavy (non-hydrogen) atoms. The molecular weight excluding hydrogens is 380 g/mol. The minimum absolute atomic E-state index is 0.313. The zero-order valence-corrected chi connectivity index (χ0v) is 16.5. The van der Waals surface area contributed by atoms with E-state index < -0.39 is 11.9 Å². The van der Waals surface area contributed by atoms with Gasteiger partial charge in [-0.2, -0.15) is 0 Å². The average molecular weight is 400 g/mol. The van der Waals surface area contributed by atoms with Crippen molar-refractivity contribution in [3.63, 3.8) is 0 Å². The van der Waals surface area contributed by atoms with Gasteiger partial charge in [-0.1, -0.05) is 43.5 Å². The van der Waals surface area contributed by atoms with Gasteiger partial charge in [0.05, 0.1) is 0 Å². The van der Waals surface area contributed by atoms with Crippen molar-refractivity contribution in [2.45, 2.75) is 6.92 Å². The largest absolute Gasteiger partial charge is 0.462 e. The molecule has 0 saturated carbocycles. The lowest BCUT2D eigenvalue weighted by Gasteiger charge is -2.07. The van der Waals surface area contributed by atoms with Crippen molar-refractivity contribution in [3.8, 4) is 22.6 Å². The third-order valence-corrected chi connectivity index (χ3v) is 4.17. The molecule has 3 aromatic carbocycles. The minimum Gasteiger partial charge on any atom is -0.462 e. The summed E-state index contributed by atoms with van der Waals surface area (Å²) in [4.78, 5) is 22.6. The zero-order chi connectivity index (χ0) is 21.5. The molecule has 0 radical (unpaired) electrons. The number of benzene rings is 3. The second-order valence-corrected chi connectivity index (χ2v) is 6.45. The van der Waals surface area contributed by atoms with E-state index in [1.807, 2.05) is 42.5 Å². The molecule has 3 aromatic rings. The number of fused-ring (bicyclic) bond motifs is 1. The van der Waals surface area contributed by atoms with Crippen molar-refractivity contribution in [1.82, 2.24) is 0 Å². The van der Waals surface area contributed by atoms with Gasteiger partial charge >= 0.3 is 11.9 Å². The van der Waals surface area contributed by atoms with E-state index in [1.54, 1.807) is 19.1 Å². The van der Waals surface area contributed by atoms with Gasteiger partial charge in [0.15, 0.2) is 0 Å². The number of esters is 2. The molecule has 0 aliphatic rings. The topological polar surface area (TPSA) is 61.8 Å². The summed E-state index contributed by atoms with van der Waals surface area (Å²) in [5.74, 6) is 0.0857. The first kappa shape index (κ1) is 20.6. The Bertz CT molecular complexity index is 1140. The molecular formula is C25H20O5. The van der Waals surface area contributed by atoms with Gasteiger partial charge in [-0.25, -0.2) is 9.59 Å². The van der Waals surface area contributed by atoms with E-state index in [0.29, 0.717) is 17.1 Å². The molecule has 0 aliphatic carbocycles. The molecule has 0 bridgehead atoms. The van der Waals surface area contributed by atoms with Gasteiger partial charge in [-0.15, -0.1) is 0 Å².